The number of carbonyl (C=O) groups is 1. The molecular weight excluding hydrogens is 232 g/mol. The number of methoxy groups -OCH3 is 2. The third-order valence-corrected chi connectivity index (χ3v) is 3.67. The average Bonchev–Trinajstić information content (AvgIpc) is 2.27. The average molecular weight is 258 g/mol. The Hall–Kier alpha value is -0.650. The summed E-state index contributed by atoms with van der Waals surface area (Å²) in [6, 6.07) is 0.0909. The van der Waals surface area contributed by atoms with Crippen LogP contribution >= 0.6 is 0 Å². The second-order valence-corrected chi connectivity index (χ2v) is 5.04. The third kappa shape index (κ3) is 3.93. The monoisotopic (exact) mass is 258 g/mol. The van der Waals surface area contributed by atoms with Gasteiger partial charge < -0.3 is 19.7 Å². The van der Waals surface area contributed by atoms with Crippen LogP contribution in [0.1, 0.15) is 13.8 Å². The number of nitrogens with zero attached hydrogens (tertiary/aromatic N) is 1. The van der Waals surface area contributed by atoms with Crippen molar-refractivity contribution in [3.05, 3.63) is 0 Å². The highest BCUT2D eigenvalue weighted by Gasteiger charge is 2.33. The number of hydrogen-bond donors (Lipinski definition) is 1. The predicted octanol–water partition coefficient (Wildman–Crippen LogP) is 0.352. The minimum atomic E-state index is 0.0717. The molecule has 1 heterocycles. The van der Waals surface area contributed by atoms with Gasteiger partial charge in [0.05, 0.1) is 19.3 Å². The smallest absolute Gasteiger partial charge is 0.226 e. The maximum Gasteiger partial charge on any atom is 0.226 e. The second-order valence-electron chi connectivity index (χ2n) is 5.04. The van der Waals surface area contributed by atoms with Crippen molar-refractivity contribution < 1.29 is 14.3 Å². The standard InChI is InChI=1S/C13H26N2O3/c1-10(9-18-4)15(5-6-17-3)13(16)11(2)12-7-14-8-12/h10-12,14H,5-9H2,1-4H3. The van der Waals surface area contributed by atoms with Gasteiger partial charge in [-0.3, -0.25) is 4.79 Å². The van der Waals surface area contributed by atoms with Gasteiger partial charge in [-0.25, -0.2) is 0 Å². The normalized spacial score (nSPS) is 19.1. The van der Waals surface area contributed by atoms with E-state index < -0.39 is 0 Å². The first kappa shape index (κ1) is 15.4. The van der Waals surface area contributed by atoms with E-state index in [9.17, 15) is 4.79 Å². The molecule has 1 fully saturated rings. The zero-order valence-corrected chi connectivity index (χ0v) is 11.9. The lowest BCUT2D eigenvalue weighted by Gasteiger charge is -2.37. The summed E-state index contributed by atoms with van der Waals surface area (Å²) in [6.07, 6.45) is 0. The Morgan fingerprint density at radius 2 is 2.00 bits per heavy atom. The Bertz CT molecular complexity index is 257. The summed E-state index contributed by atoms with van der Waals surface area (Å²) in [7, 11) is 3.32. The highest BCUT2D eigenvalue weighted by molar-refractivity contribution is 5.79. The molecule has 2 atom stereocenters. The summed E-state index contributed by atoms with van der Waals surface area (Å²) in [6.45, 7) is 7.69. The van der Waals surface area contributed by atoms with Crippen LogP contribution < -0.4 is 5.32 Å². The van der Waals surface area contributed by atoms with E-state index in [4.69, 9.17) is 9.47 Å². The number of carbonyl (C=O) groups excluding carboxylic acids is 1. The molecule has 0 aromatic carbocycles. The largest absolute Gasteiger partial charge is 0.383 e. The van der Waals surface area contributed by atoms with Gasteiger partial charge in [-0.2, -0.15) is 0 Å². The van der Waals surface area contributed by atoms with E-state index in [1.807, 2.05) is 18.7 Å². The Morgan fingerprint density at radius 1 is 1.33 bits per heavy atom. The molecule has 0 aliphatic carbocycles. The Labute approximate surface area is 110 Å². The number of hydrogen-bond acceptors (Lipinski definition) is 4. The molecule has 0 bridgehead atoms. The summed E-state index contributed by atoms with van der Waals surface area (Å²) in [5.41, 5.74) is 0. The van der Waals surface area contributed by atoms with Gasteiger partial charge in [-0.1, -0.05) is 6.92 Å². The van der Waals surface area contributed by atoms with Crippen molar-refractivity contribution in [2.75, 3.05) is 47.1 Å². The fourth-order valence-corrected chi connectivity index (χ4v) is 2.20. The molecule has 1 saturated heterocycles. The predicted molar refractivity (Wildman–Crippen MR) is 70.5 cm³/mol. The molecule has 1 aliphatic heterocycles. The Balaban J connectivity index is 2.58. The molecule has 2 unspecified atom stereocenters. The molecule has 1 rings (SSSR count). The molecule has 1 aliphatic rings. The number of ether oxygens (including phenoxy) is 2. The minimum absolute atomic E-state index is 0.0717. The van der Waals surface area contributed by atoms with Gasteiger partial charge >= 0.3 is 0 Å². The van der Waals surface area contributed by atoms with Gasteiger partial charge in [0.25, 0.3) is 0 Å². The summed E-state index contributed by atoms with van der Waals surface area (Å²) < 4.78 is 10.2. The second kappa shape index (κ2) is 7.71. The molecule has 5 heteroatoms. The van der Waals surface area contributed by atoms with Gasteiger partial charge in [0, 0.05) is 26.7 Å². The minimum Gasteiger partial charge on any atom is -0.383 e. The van der Waals surface area contributed by atoms with Crippen molar-refractivity contribution in [2.24, 2.45) is 11.8 Å². The molecule has 0 spiro atoms. The summed E-state index contributed by atoms with van der Waals surface area (Å²) >= 11 is 0. The summed E-state index contributed by atoms with van der Waals surface area (Å²) in [5.74, 6) is 0.753. The van der Waals surface area contributed by atoms with E-state index in [-0.39, 0.29) is 17.9 Å². The van der Waals surface area contributed by atoms with Crippen LogP contribution in [0.5, 0.6) is 0 Å². The molecule has 1 N–H and O–H groups in total. The van der Waals surface area contributed by atoms with Crippen molar-refractivity contribution >= 4 is 5.91 Å². The third-order valence-electron chi connectivity index (χ3n) is 3.67. The van der Waals surface area contributed by atoms with Crippen LogP contribution in [0, 0.1) is 11.8 Å². The van der Waals surface area contributed by atoms with E-state index in [2.05, 4.69) is 5.32 Å². The molecule has 0 saturated carbocycles. The van der Waals surface area contributed by atoms with Crippen molar-refractivity contribution in [2.45, 2.75) is 19.9 Å². The molecular formula is C13H26N2O3. The molecule has 0 aromatic rings. The van der Waals surface area contributed by atoms with E-state index >= 15 is 0 Å². The van der Waals surface area contributed by atoms with Crippen molar-refractivity contribution in [3.8, 4) is 0 Å². The molecule has 0 aromatic heterocycles. The highest BCUT2D eigenvalue weighted by atomic mass is 16.5. The van der Waals surface area contributed by atoms with Crippen LogP contribution in [-0.2, 0) is 14.3 Å². The zero-order chi connectivity index (χ0) is 13.5. The van der Waals surface area contributed by atoms with Crippen LogP contribution in [0.2, 0.25) is 0 Å². The first-order valence-electron chi connectivity index (χ1n) is 6.60. The fourth-order valence-electron chi connectivity index (χ4n) is 2.20. The summed E-state index contributed by atoms with van der Waals surface area (Å²) in [5, 5.41) is 3.21. The fraction of sp³-hybridized carbons (Fsp3) is 0.923. The zero-order valence-electron chi connectivity index (χ0n) is 11.9. The maximum absolute atomic E-state index is 12.5. The van der Waals surface area contributed by atoms with Gasteiger partial charge in [-0.15, -0.1) is 0 Å². The molecule has 106 valence electrons. The molecule has 0 radical (unpaired) electrons. The SMILES string of the molecule is COCCN(C(=O)C(C)C1CNC1)C(C)COC. The molecule has 1 amide bonds. The van der Waals surface area contributed by atoms with Gasteiger partial charge in [0.2, 0.25) is 5.91 Å². The van der Waals surface area contributed by atoms with Gasteiger partial charge in [0.15, 0.2) is 0 Å². The van der Waals surface area contributed by atoms with Gasteiger partial charge in [-0.05, 0) is 25.9 Å². The van der Waals surface area contributed by atoms with E-state index in [0.29, 0.717) is 25.7 Å². The van der Waals surface area contributed by atoms with E-state index in [1.165, 1.54) is 0 Å². The van der Waals surface area contributed by atoms with Crippen LogP contribution in [0.3, 0.4) is 0 Å². The first-order valence-corrected chi connectivity index (χ1v) is 6.60. The lowest BCUT2D eigenvalue weighted by atomic mass is 9.87. The Kier molecular flexibility index (Phi) is 6.60. The van der Waals surface area contributed by atoms with E-state index in [0.717, 1.165) is 13.1 Å². The quantitative estimate of drug-likeness (QED) is 0.682. The topological polar surface area (TPSA) is 50.8 Å². The van der Waals surface area contributed by atoms with Crippen LogP contribution in [0.4, 0.5) is 0 Å². The van der Waals surface area contributed by atoms with Crippen molar-refractivity contribution in [3.63, 3.8) is 0 Å². The van der Waals surface area contributed by atoms with Gasteiger partial charge in [0.1, 0.15) is 0 Å². The lowest BCUT2D eigenvalue weighted by molar-refractivity contribution is -0.141. The van der Waals surface area contributed by atoms with Crippen LogP contribution in [0.25, 0.3) is 0 Å². The molecule has 18 heavy (non-hydrogen) atoms. The number of nitrogens with one attached hydrogen (secondary N) is 1. The Morgan fingerprint density at radius 3 is 2.44 bits per heavy atom. The van der Waals surface area contributed by atoms with Crippen LogP contribution in [-0.4, -0.2) is 63.9 Å². The number of amides is 1. The van der Waals surface area contributed by atoms with Crippen molar-refractivity contribution in [1.82, 2.24) is 10.2 Å². The number of rotatable bonds is 8. The first-order chi connectivity index (χ1) is 8.61. The highest BCUT2D eigenvalue weighted by Crippen LogP contribution is 2.19. The van der Waals surface area contributed by atoms with Crippen molar-refractivity contribution in [1.29, 1.82) is 0 Å². The lowest BCUT2D eigenvalue weighted by Crippen LogP contribution is -2.53. The molecule has 5 nitrogen and oxygen atoms in total. The maximum atomic E-state index is 12.5. The van der Waals surface area contributed by atoms with E-state index in [1.54, 1.807) is 14.2 Å². The summed E-state index contributed by atoms with van der Waals surface area (Å²) in [4.78, 5) is 14.4. The van der Waals surface area contributed by atoms with Crippen LogP contribution in [0.15, 0.2) is 0 Å².